The Hall–Kier alpha value is -3.38. The number of nitrogens with one attached hydrogen (secondary N) is 1. The molecule has 6 nitrogen and oxygen atoms in total. The number of nitro benzene ring substituents is 1. The van der Waals surface area contributed by atoms with Crippen LogP contribution in [0.1, 0.15) is 75.5 Å². The number of nitro groups is 1. The summed E-state index contributed by atoms with van der Waals surface area (Å²) in [5.74, 6) is 0. The molecule has 0 radical (unpaired) electrons. The van der Waals surface area contributed by atoms with Crippen molar-refractivity contribution in [3.05, 3.63) is 100 Å². The van der Waals surface area contributed by atoms with E-state index in [0.29, 0.717) is 5.69 Å². The zero-order valence-corrected chi connectivity index (χ0v) is 23.4. The number of rotatable bonds is 15. The Balaban J connectivity index is 1.38. The summed E-state index contributed by atoms with van der Waals surface area (Å²) >= 11 is 0. The highest BCUT2D eigenvalue weighted by Crippen LogP contribution is 2.35. The summed E-state index contributed by atoms with van der Waals surface area (Å²) in [6.07, 6.45) is 10.8. The molecule has 1 aliphatic rings. The molecule has 6 heteroatoms. The minimum absolute atomic E-state index is 0.101. The van der Waals surface area contributed by atoms with E-state index in [2.05, 4.69) is 46.3 Å². The SMILES string of the molecule is CCCCCCCCCCN1CCN(c2ccc([N+](=O)[O-])c(NC(c3ccccc3)c3ccccc3)c2)CC1. The maximum atomic E-state index is 12.0. The van der Waals surface area contributed by atoms with Crippen LogP contribution >= 0.6 is 0 Å². The second-order valence-electron chi connectivity index (χ2n) is 10.7. The Morgan fingerprint density at radius 3 is 1.90 bits per heavy atom. The van der Waals surface area contributed by atoms with E-state index in [1.807, 2.05) is 48.5 Å². The van der Waals surface area contributed by atoms with E-state index in [-0.39, 0.29) is 16.7 Å². The van der Waals surface area contributed by atoms with Gasteiger partial charge in [-0.05, 0) is 36.2 Å². The quantitative estimate of drug-likeness (QED) is 0.123. The van der Waals surface area contributed by atoms with Crippen LogP contribution in [0.5, 0.6) is 0 Å². The third-order valence-electron chi connectivity index (χ3n) is 7.81. The Kier molecular flexibility index (Phi) is 11.2. The fourth-order valence-corrected chi connectivity index (χ4v) is 5.50. The summed E-state index contributed by atoms with van der Waals surface area (Å²) in [5.41, 5.74) is 3.83. The molecule has 1 heterocycles. The highest BCUT2D eigenvalue weighted by molar-refractivity contribution is 5.70. The monoisotopic (exact) mass is 528 g/mol. The van der Waals surface area contributed by atoms with Crippen LogP contribution in [0.4, 0.5) is 17.1 Å². The van der Waals surface area contributed by atoms with Gasteiger partial charge in [0, 0.05) is 37.9 Å². The van der Waals surface area contributed by atoms with Crippen molar-refractivity contribution >= 4 is 17.1 Å². The first-order chi connectivity index (χ1) is 19.2. The highest BCUT2D eigenvalue weighted by atomic mass is 16.6. The van der Waals surface area contributed by atoms with Gasteiger partial charge in [-0.15, -0.1) is 0 Å². The lowest BCUT2D eigenvalue weighted by Gasteiger charge is -2.36. The molecule has 0 saturated carbocycles. The van der Waals surface area contributed by atoms with E-state index in [0.717, 1.165) is 43.0 Å². The maximum Gasteiger partial charge on any atom is 0.292 e. The van der Waals surface area contributed by atoms with Crippen molar-refractivity contribution in [2.75, 3.05) is 42.9 Å². The number of hydrogen-bond acceptors (Lipinski definition) is 5. The van der Waals surface area contributed by atoms with Crippen molar-refractivity contribution in [1.82, 2.24) is 4.90 Å². The van der Waals surface area contributed by atoms with Gasteiger partial charge in [-0.2, -0.15) is 0 Å². The average Bonchev–Trinajstić information content (AvgIpc) is 2.98. The Bertz CT molecular complexity index is 1090. The first-order valence-electron chi connectivity index (χ1n) is 14.8. The smallest absolute Gasteiger partial charge is 0.292 e. The summed E-state index contributed by atoms with van der Waals surface area (Å²) in [6, 6.07) is 25.6. The number of piperazine rings is 1. The largest absolute Gasteiger partial charge is 0.369 e. The van der Waals surface area contributed by atoms with Gasteiger partial charge in [0.15, 0.2) is 0 Å². The van der Waals surface area contributed by atoms with Crippen molar-refractivity contribution in [2.45, 2.75) is 64.3 Å². The number of nitrogens with zero attached hydrogens (tertiary/aromatic N) is 3. The predicted molar refractivity (Wildman–Crippen MR) is 163 cm³/mol. The summed E-state index contributed by atoms with van der Waals surface area (Å²) in [7, 11) is 0. The molecule has 1 aliphatic heterocycles. The molecule has 208 valence electrons. The maximum absolute atomic E-state index is 12.0. The number of benzene rings is 3. The van der Waals surface area contributed by atoms with Gasteiger partial charge in [0.2, 0.25) is 0 Å². The fraction of sp³-hybridized carbons (Fsp3) is 0.455. The summed E-state index contributed by atoms with van der Waals surface area (Å²) in [4.78, 5) is 16.6. The molecular formula is C33H44N4O2. The lowest BCUT2D eigenvalue weighted by atomic mass is 9.98. The molecule has 1 N–H and O–H groups in total. The van der Waals surface area contributed by atoms with E-state index < -0.39 is 0 Å². The Morgan fingerprint density at radius 1 is 0.769 bits per heavy atom. The Morgan fingerprint density at radius 2 is 1.33 bits per heavy atom. The molecule has 3 aromatic rings. The first-order valence-corrected chi connectivity index (χ1v) is 14.8. The summed E-state index contributed by atoms with van der Waals surface area (Å²) in [6.45, 7) is 7.39. The number of hydrogen-bond donors (Lipinski definition) is 1. The lowest BCUT2D eigenvalue weighted by Crippen LogP contribution is -2.46. The minimum atomic E-state index is -0.291. The van der Waals surface area contributed by atoms with Crippen molar-refractivity contribution in [1.29, 1.82) is 0 Å². The van der Waals surface area contributed by atoms with Crippen LogP contribution in [0.2, 0.25) is 0 Å². The van der Waals surface area contributed by atoms with Crippen molar-refractivity contribution in [3.8, 4) is 0 Å². The molecule has 0 aromatic heterocycles. The van der Waals surface area contributed by atoms with E-state index in [4.69, 9.17) is 0 Å². The zero-order valence-electron chi connectivity index (χ0n) is 23.4. The minimum Gasteiger partial charge on any atom is -0.369 e. The van der Waals surface area contributed by atoms with Crippen molar-refractivity contribution in [3.63, 3.8) is 0 Å². The van der Waals surface area contributed by atoms with Crippen molar-refractivity contribution < 1.29 is 4.92 Å². The van der Waals surface area contributed by atoms with E-state index in [1.54, 1.807) is 6.07 Å². The lowest BCUT2D eigenvalue weighted by molar-refractivity contribution is -0.384. The van der Waals surface area contributed by atoms with E-state index in [9.17, 15) is 10.1 Å². The van der Waals surface area contributed by atoms with Crippen LogP contribution in [0.3, 0.4) is 0 Å². The number of unbranched alkanes of at least 4 members (excludes halogenated alkanes) is 7. The molecule has 0 amide bonds. The van der Waals surface area contributed by atoms with Crippen molar-refractivity contribution in [2.24, 2.45) is 0 Å². The second-order valence-corrected chi connectivity index (χ2v) is 10.7. The number of anilines is 2. The van der Waals surface area contributed by atoms with Crippen LogP contribution < -0.4 is 10.2 Å². The zero-order chi connectivity index (χ0) is 27.3. The topological polar surface area (TPSA) is 61.7 Å². The van der Waals surface area contributed by atoms with Gasteiger partial charge in [0.05, 0.1) is 11.0 Å². The van der Waals surface area contributed by atoms with Gasteiger partial charge in [-0.25, -0.2) is 0 Å². The molecule has 0 bridgehead atoms. The molecule has 1 fully saturated rings. The van der Waals surface area contributed by atoms with Crippen LogP contribution in [0.25, 0.3) is 0 Å². The summed E-state index contributed by atoms with van der Waals surface area (Å²) in [5, 5.41) is 15.5. The van der Waals surface area contributed by atoms with Crippen LogP contribution in [-0.4, -0.2) is 42.5 Å². The predicted octanol–water partition coefficient (Wildman–Crippen LogP) is 8.06. The van der Waals surface area contributed by atoms with Gasteiger partial charge in [-0.1, -0.05) is 113 Å². The molecule has 0 spiro atoms. The molecule has 0 unspecified atom stereocenters. The first kappa shape index (κ1) is 28.6. The van der Waals surface area contributed by atoms with Crippen LogP contribution in [0, 0.1) is 10.1 Å². The standard InChI is InChI=1S/C33H44N4O2/c1-2-3-4-5-6-7-8-15-22-35-23-25-36(26-24-35)30-20-21-32(37(38)39)31(27-30)34-33(28-16-11-9-12-17-28)29-18-13-10-14-19-29/h9-14,16-21,27,33-34H,2-8,15,22-26H2,1H3. The van der Waals surface area contributed by atoms with Crippen LogP contribution in [0.15, 0.2) is 78.9 Å². The fourth-order valence-electron chi connectivity index (χ4n) is 5.50. The normalized spacial score (nSPS) is 14.1. The molecule has 4 rings (SSSR count). The molecular weight excluding hydrogens is 484 g/mol. The molecule has 39 heavy (non-hydrogen) atoms. The third kappa shape index (κ3) is 8.56. The highest BCUT2D eigenvalue weighted by Gasteiger charge is 2.23. The second kappa shape index (κ2) is 15.3. The van der Waals surface area contributed by atoms with Gasteiger partial charge in [-0.3, -0.25) is 15.0 Å². The summed E-state index contributed by atoms with van der Waals surface area (Å²) < 4.78 is 0. The van der Waals surface area contributed by atoms with Gasteiger partial charge < -0.3 is 10.2 Å². The molecule has 0 aliphatic carbocycles. The van der Waals surface area contributed by atoms with Crippen LogP contribution in [-0.2, 0) is 0 Å². The Labute approximate surface area is 234 Å². The molecule has 1 saturated heterocycles. The average molecular weight is 529 g/mol. The third-order valence-corrected chi connectivity index (χ3v) is 7.81. The van der Waals surface area contributed by atoms with Gasteiger partial charge >= 0.3 is 0 Å². The molecule has 0 atom stereocenters. The van der Waals surface area contributed by atoms with Gasteiger partial charge in [0.25, 0.3) is 5.69 Å². The van der Waals surface area contributed by atoms with E-state index >= 15 is 0 Å². The molecule has 3 aromatic carbocycles. The van der Waals surface area contributed by atoms with Gasteiger partial charge in [0.1, 0.15) is 5.69 Å². The van der Waals surface area contributed by atoms with E-state index in [1.165, 1.54) is 57.9 Å².